The molecule has 0 aliphatic carbocycles. The van der Waals surface area contributed by atoms with Crippen molar-refractivity contribution in [3.8, 4) is 0 Å². The molecular weight excluding hydrogens is 148 g/mol. The number of aromatic nitrogens is 3. The Labute approximate surface area is 62.3 Å². The van der Waals surface area contributed by atoms with E-state index >= 15 is 0 Å². The number of nitrogens with zero attached hydrogens (tertiary/aromatic N) is 2. The van der Waals surface area contributed by atoms with Crippen LogP contribution in [0.25, 0.3) is 0 Å². The normalized spacial score (nSPS) is 10.0. The highest BCUT2D eigenvalue weighted by molar-refractivity contribution is 5.23. The van der Waals surface area contributed by atoms with Crippen molar-refractivity contribution < 1.29 is 0 Å². The van der Waals surface area contributed by atoms with Crippen LogP contribution in [-0.4, -0.2) is 28.3 Å². The van der Waals surface area contributed by atoms with Crippen LogP contribution < -0.4 is 22.3 Å². The van der Waals surface area contributed by atoms with E-state index in [0.717, 1.165) is 0 Å². The molecule has 62 valence electrons. The number of aromatic amines is 2. The van der Waals surface area contributed by atoms with Crippen LogP contribution in [0.1, 0.15) is 0 Å². The van der Waals surface area contributed by atoms with Gasteiger partial charge in [0.15, 0.2) is 0 Å². The maximum absolute atomic E-state index is 10.5. The molecule has 1 heterocycles. The van der Waals surface area contributed by atoms with Crippen LogP contribution >= 0.6 is 0 Å². The first-order chi connectivity index (χ1) is 5.24. The van der Waals surface area contributed by atoms with Crippen LogP contribution in [0.2, 0.25) is 0 Å². The van der Waals surface area contributed by atoms with Crippen molar-refractivity contribution >= 4 is 5.95 Å². The van der Waals surface area contributed by atoms with E-state index in [4.69, 9.17) is 11.6 Å². The molecule has 0 bridgehead atoms. The van der Waals surface area contributed by atoms with E-state index in [1.165, 1.54) is 5.01 Å². The summed E-state index contributed by atoms with van der Waals surface area (Å²) in [5.41, 5.74) is 4.84. The van der Waals surface area contributed by atoms with Crippen LogP contribution in [0.3, 0.4) is 0 Å². The van der Waals surface area contributed by atoms with Crippen LogP contribution in [0.5, 0.6) is 0 Å². The summed E-state index contributed by atoms with van der Waals surface area (Å²) in [6, 6.07) is 0. The smallest absolute Gasteiger partial charge is 0.329 e. The zero-order chi connectivity index (χ0) is 8.27. The Kier molecular flexibility index (Phi) is 2.24. The summed E-state index contributed by atoms with van der Waals surface area (Å²) in [5, 5.41) is 7.03. The summed E-state index contributed by atoms with van der Waals surface area (Å²) >= 11 is 0. The van der Waals surface area contributed by atoms with Gasteiger partial charge in [-0.2, -0.15) is 0 Å². The summed E-state index contributed by atoms with van der Waals surface area (Å²) in [6.45, 7) is 0.853. The summed E-state index contributed by atoms with van der Waals surface area (Å²) in [5.74, 6) is 5.71. The minimum absolute atomic E-state index is 0.292. The molecule has 0 unspecified atom stereocenters. The summed E-state index contributed by atoms with van der Waals surface area (Å²) < 4.78 is 0. The van der Waals surface area contributed by atoms with Crippen LogP contribution in [0, 0.1) is 0 Å². The van der Waals surface area contributed by atoms with Crippen molar-refractivity contribution in [1.29, 1.82) is 0 Å². The maximum Gasteiger partial charge on any atom is 0.342 e. The summed E-state index contributed by atoms with van der Waals surface area (Å²) in [4.78, 5) is 12.9. The second kappa shape index (κ2) is 3.17. The first-order valence-electron chi connectivity index (χ1n) is 3.11. The largest absolute Gasteiger partial charge is 0.342 e. The minimum atomic E-state index is -0.382. The number of H-pyrrole nitrogens is 2. The molecule has 1 aromatic heterocycles. The molecule has 0 aliphatic heterocycles. The number of hydrazine groups is 1. The molecule has 0 aliphatic rings. The third-order valence-electron chi connectivity index (χ3n) is 1.13. The first kappa shape index (κ1) is 7.76. The fourth-order valence-electron chi connectivity index (χ4n) is 0.642. The van der Waals surface area contributed by atoms with E-state index < -0.39 is 0 Å². The van der Waals surface area contributed by atoms with E-state index in [0.29, 0.717) is 19.0 Å². The zero-order valence-electron chi connectivity index (χ0n) is 5.87. The topological polar surface area (TPSA) is 117 Å². The third-order valence-corrected chi connectivity index (χ3v) is 1.13. The molecule has 0 amide bonds. The van der Waals surface area contributed by atoms with Crippen molar-refractivity contribution in [2.45, 2.75) is 0 Å². The molecule has 0 aromatic carbocycles. The van der Waals surface area contributed by atoms with Crippen LogP contribution in [-0.2, 0) is 0 Å². The lowest BCUT2D eigenvalue weighted by Crippen LogP contribution is -2.36. The van der Waals surface area contributed by atoms with Gasteiger partial charge in [-0.25, -0.2) is 15.7 Å². The highest BCUT2D eigenvalue weighted by Crippen LogP contribution is 1.92. The number of nitrogens with one attached hydrogen (secondary N) is 2. The predicted octanol–water partition coefficient (Wildman–Crippen LogP) is -2.26. The molecule has 0 radical (unpaired) electrons. The van der Waals surface area contributed by atoms with Crippen molar-refractivity contribution in [1.82, 2.24) is 15.2 Å². The molecule has 1 aromatic rings. The van der Waals surface area contributed by atoms with Gasteiger partial charge in [-0.15, -0.1) is 5.10 Å². The zero-order valence-corrected chi connectivity index (χ0v) is 5.87. The molecule has 0 atom stereocenters. The maximum atomic E-state index is 10.5. The SMILES string of the molecule is NCCN(N)c1n[nH]c(=O)[nH]1. The fourth-order valence-corrected chi connectivity index (χ4v) is 0.642. The number of hydrogen-bond donors (Lipinski definition) is 4. The Morgan fingerprint density at radius 1 is 1.64 bits per heavy atom. The second-order valence-electron chi connectivity index (χ2n) is 1.98. The first-order valence-corrected chi connectivity index (χ1v) is 3.11. The molecule has 0 spiro atoms. The number of anilines is 1. The number of rotatable bonds is 3. The van der Waals surface area contributed by atoms with Gasteiger partial charge in [0.05, 0.1) is 0 Å². The molecule has 6 N–H and O–H groups in total. The lowest BCUT2D eigenvalue weighted by molar-refractivity contribution is 0.799. The number of hydrogen-bond acceptors (Lipinski definition) is 5. The summed E-state index contributed by atoms with van der Waals surface area (Å²) in [6.07, 6.45) is 0. The van der Waals surface area contributed by atoms with Crippen molar-refractivity contribution in [3.63, 3.8) is 0 Å². The fraction of sp³-hybridized carbons (Fsp3) is 0.500. The molecule has 7 heteroatoms. The quantitative estimate of drug-likeness (QED) is 0.292. The monoisotopic (exact) mass is 158 g/mol. The molecule has 0 saturated carbocycles. The lowest BCUT2D eigenvalue weighted by Gasteiger charge is -2.11. The van der Waals surface area contributed by atoms with Gasteiger partial charge in [0, 0.05) is 13.1 Å². The highest BCUT2D eigenvalue weighted by atomic mass is 16.1. The molecule has 7 nitrogen and oxygen atoms in total. The van der Waals surface area contributed by atoms with Crippen LogP contribution in [0.4, 0.5) is 5.95 Å². The van der Waals surface area contributed by atoms with Crippen molar-refractivity contribution in [2.24, 2.45) is 11.6 Å². The van der Waals surface area contributed by atoms with Gasteiger partial charge < -0.3 is 5.73 Å². The van der Waals surface area contributed by atoms with E-state index in [1.54, 1.807) is 0 Å². The highest BCUT2D eigenvalue weighted by Gasteiger charge is 2.02. The van der Waals surface area contributed by atoms with Gasteiger partial charge in [0.25, 0.3) is 0 Å². The molecule has 0 saturated heterocycles. The lowest BCUT2D eigenvalue weighted by atomic mass is 10.6. The predicted molar refractivity (Wildman–Crippen MR) is 39.8 cm³/mol. The van der Waals surface area contributed by atoms with Gasteiger partial charge in [0.1, 0.15) is 0 Å². The third kappa shape index (κ3) is 1.79. The molecular formula is C4H10N6O. The summed E-state index contributed by atoms with van der Waals surface area (Å²) in [7, 11) is 0. The Morgan fingerprint density at radius 2 is 2.36 bits per heavy atom. The molecule has 11 heavy (non-hydrogen) atoms. The van der Waals surface area contributed by atoms with Gasteiger partial charge in [-0.05, 0) is 0 Å². The second-order valence-corrected chi connectivity index (χ2v) is 1.98. The van der Waals surface area contributed by atoms with Crippen LogP contribution in [0.15, 0.2) is 4.79 Å². The van der Waals surface area contributed by atoms with E-state index in [-0.39, 0.29) is 5.69 Å². The van der Waals surface area contributed by atoms with Crippen molar-refractivity contribution in [2.75, 3.05) is 18.1 Å². The standard InChI is InChI=1S/C4H10N6O/c5-1-2-10(6)3-7-4(11)9-8-3/h1-2,5-6H2,(H2,7,8,9,11). The van der Waals surface area contributed by atoms with Gasteiger partial charge in [-0.1, -0.05) is 0 Å². The Bertz CT molecular complexity index is 264. The van der Waals surface area contributed by atoms with Crippen molar-refractivity contribution in [3.05, 3.63) is 10.5 Å². The number of nitrogens with two attached hydrogens (primary N) is 2. The average Bonchev–Trinajstić information content (AvgIpc) is 2.36. The Morgan fingerprint density at radius 3 is 2.82 bits per heavy atom. The average molecular weight is 158 g/mol. The molecule has 0 fully saturated rings. The van der Waals surface area contributed by atoms with Gasteiger partial charge >= 0.3 is 5.69 Å². The van der Waals surface area contributed by atoms with E-state index in [1.807, 2.05) is 0 Å². The van der Waals surface area contributed by atoms with Gasteiger partial charge in [-0.3, -0.25) is 9.99 Å². The Balaban J connectivity index is 2.68. The van der Waals surface area contributed by atoms with Gasteiger partial charge in [0.2, 0.25) is 5.95 Å². The minimum Gasteiger partial charge on any atom is -0.329 e. The molecule has 1 rings (SSSR count). The van der Waals surface area contributed by atoms with E-state index in [9.17, 15) is 4.79 Å². The Hall–Kier alpha value is -1.34. The van der Waals surface area contributed by atoms with E-state index in [2.05, 4.69) is 15.2 Å².